The van der Waals surface area contributed by atoms with Crippen molar-refractivity contribution in [1.82, 2.24) is 10.2 Å². The van der Waals surface area contributed by atoms with Crippen LogP contribution in [-0.2, 0) is 0 Å². The average Bonchev–Trinajstić information content (AvgIpc) is 2.19. The Hall–Kier alpha value is -0.590. The molecule has 0 saturated carbocycles. The Morgan fingerprint density at radius 3 is 2.93 bits per heavy atom. The van der Waals surface area contributed by atoms with Gasteiger partial charge < -0.3 is 10.2 Å². The second kappa shape index (κ2) is 6.00. The minimum atomic E-state index is 0.142. The average molecular weight is 195 g/mol. The Labute approximate surface area is 87.1 Å². The van der Waals surface area contributed by atoms with Gasteiger partial charge in [-0.3, -0.25) is 0 Å². The molecule has 1 rings (SSSR count). The van der Waals surface area contributed by atoms with E-state index < -0.39 is 0 Å². The summed E-state index contributed by atoms with van der Waals surface area (Å²) in [6.07, 6.45) is 3.94. The zero-order chi connectivity index (χ0) is 10.4. The molecule has 0 aromatic heterocycles. The minimum Gasteiger partial charge on any atom is -0.313 e. The summed E-state index contributed by atoms with van der Waals surface area (Å²) in [5.41, 5.74) is 0. The molecule has 14 heavy (non-hydrogen) atoms. The molecule has 1 N–H and O–H groups in total. The minimum absolute atomic E-state index is 0.142. The number of rotatable bonds is 4. The van der Waals surface area contributed by atoms with E-state index in [0.717, 1.165) is 19.6 Å². The highest BCUT2D eigenvalue weighted by atomic mass is 15.1. The van der Waals surface area contributed by atoms with Crippen molar-refractivity contribution >= 4 is 0 Å². The summed E-state index contributed by atoms with van der Waals surface area (Å²) in [6.45, 7) is 5.10. The smallest absolute Gasteiger partial charge is 0.0666 e. The summed E-state index contributed by atoms with van der Waals surface area (Å²) in [4.78, 5) is 2.26. The SMILES string of the molecule is CC(C#N)CN(C)CC1CCCCN1. The molecule has 0 aliphatic carbocycles. The van der Waals surface area contributed by atoms with Crippen LogP contribution in [-0.4, -0.2) is 37.6 Å². The van der Waals surface area contributed by atoms with Crippen molar-refractivity contribution in [2.24, 2.45) is 5.92 Å². The Kier molecular flexibility index (Phi) is 4.92. The lowest BCUT2D eigenvalue weighted by Crippen LogP contribution is -2.43. The highest BCUT2D eigenvalue weighted by Gasteiger charge is 2.15. The second-order valence-corrected chi connectivity index (χ2v) is 4.40. The van der Waals surface area contributed by atoms with E-state index in [2.05, 4.69) is 23.3 Å². The fourth-order valence-electron chi connectivity index (χ4n) is 2.04. The fourth-order valence-corrected chi connectivity index (χ4v) is 2.04. The Bertz CT molecular complexity index is 191. The van der Waals surface area contributed by atoms with Gasteiger partial charge in [-0.2, -0.15) is 5.26 Å². The summed E-state index contributed by atoms with van der Waals surface area (Å²) in [5.74, 6) is 0.142. The molecule has 1 heterocycles. The molecule has 3 nitrogen and oxygen atoms in total. The van der Waals surface area contributed by atoms with Crippen LogP contribution in [0.2, 0.25) is 0 Å². The zero-order valence-electron chi connectivity index (χ0n) is 9.29. The van der Waals surface area contributed by atoms with Crippen molar-refractivity contribution in [2.45, 2.75) is 32.2 Å². The van der Waals surface area contributed by atoms with Gasteiger partial charge in [0, 0.05) is 19.1 Å². The van der Waals surface area contributed by atoms with Crippen LogP contribution < -0.4 is 5.32 Å². The maximum Gasteiger partial charge on any atom is 0.0666 e. The van der Waals surface area contributed by atoms with Crippen molar-refractivity contribution in [3.63, 3.8) is 0 Å². The van der Waals surface area contributed by atoms with Crippen LogP contribution in [0.15, 0.2) is 0 Å². The van der Waals surface area contributed by atoms with Crippen LogP contribution in [0.1, 0.15) is 26.2 Å². The predicted octanol–water partition coefficient (Wildman–Crippen LogP) is 1.22. The monoisotopic (exact) mass is 195 g/mol. The van der Waals surface area contributed by atoms with E-state index in [1.54, 1.807) is 0 Å². The molecule has 2 unspecified atom stereocenters. The molecular formula is C11H21N3. The number of hydrogen-bond acceptors (Lipinski definition) is 3. The summed E-state index contributed by atoms with van der Waals surface area (Å²) >= 11 is 0. The van der Waals surface area contributed by atoms with Crippen LogP contribution in [0.3, 0.4) is 0 Å². The molecule has 1 aliphatic rings. The molecular weight excluding hydrogens is 174 g/mol. The molecule has 2 atom stereocenters. The molecule has 80 valence electrons. The van der Waals surface area contributed by atoms with Crippen molar-refractivity contribution in [2.75, 3.05) is 26.7 Å². The van der Waals surface area contributed by atoms with Gasteiger partial charge in [-0.1, -0.05) is 6.42 Å². The van der Waals surface area contributed by atoms with E-state index in [4.69, 9.17) is 5.26 Å². The standard InChI is InChI=1S/C11H21N3/c1-10(7-12)8-14(2)9-11-5-3-4-6-13-11/h10-11,13H,3-6,8-9H2,1-2H3. The third-order valence-corrected chi connectivity index (χ3v) is 2.75. The highest BCUT2D eigenvalue weighted by molar-refractivity contribution is 4.82. The van der Waals surface area contributed by atoms with E-state index in [9.17, 15) is 0 Å². The molecule has 0 radical (unpaired) electrons. The van der Waals surface area contributed by atoms with E-state index >= 15 is 0 Å². The first-order valence-electron chi connectivity index (χ1n) is 5.54. The second-order valence-electron chi connectivity index (χ2n) is 4.40. The van der Waals surface area contributed by atoms with Crippen LogP contribution in [0.4, 0.5) is 0 Å². The molecule has 0 aromatic carbocycles. The first-order chi connectivity index (χ1) is 6.72. The fraction of sp³-hybridized carbons (Fsp3) is 0.909. The molecule has 0 amide bonds. The van der Waals surface area contributed by atoms with Gasteiger partial charge in [0.2, 0.25) is 0 Å². The van der Waals surface area contributed by atoms with Crippen molar-refractivity contribution in [3.05, 3.63) is 0 Å². The first-order valence-corrected chi connectivity index (χ1v) is 5.54. The first kappa shape index (κ1) is 11.5. The number of nitrogens with one attached hydrogen (secondary N) is 1. The maximum absolute atomic E-state index is 8.70. The molecule has 0 bridgehead atoms. The Morgan fingerprint density at radius 1 is 1.57 bits per heavy atom. The quantitative estimate of drug-likeness (QED) is 0.733. The van der Waals surface area contributed by atoms with Gasteiger partial charge in [-0.25, -0.2) is 0 Å². The predicted molar refractivity (Wildman–Crippen MR) is 57.9 cm³/mol. The van der Waals surface area contributed by atoms with E-state index in [1.807, 2.05) is 6.92 Å². The molecule has 1 fully saturated rings. The topological polar surface area (TPSA) is 39.1 Å². The van der Waals surface area contributed by atoms with Gasteiger partial charge in [0.1, 0.15) is 0 Å². The highest BCUT2D eigenvalue weighted by Crippen LogP contribution is 2.08. The summed E-state index contributed by atoms with van der Waals surface area (Å²) in [6, 6.07) is 2.91. The normalized spacial score (nSPS) is 24.6. The Balaban J connectivity index is 2.18. The van der Waals surface area contributed by atoms with Crippen molar-refractivity contribution < 1.29 is 0 Å². The molecule has 0 spiro atoms. The third-order valence-electron chi connectivity index (χ3n) is 2.75. The van der Waals surface area contributed by atoms with Crippen LogP contribution in [0.5, 0.6) is 0 Å². The van der Waals surface area contributed by atoms with Gasteiger partial charge in [0.25, 0.3) is 0 Å². The van der Waals surface area contributed by atoms with E-state index in [1.165, 1.54) is 19.3 Å². The van der Waals surface area contributed by atoms with Gasteiger partial charge in [-0.15, -0.1) is 0 Å². The number of nitriles is 1. The lowest BCUT2D eigenvalue weighted by Gasteiger charge is -2.28. The van der Waals surface area contributed by atoms with Crippen LogP contribution in [0, 0.1) is 17.2 Å². The van der Waals surface area contributed by atoms with E-state index in [-0.39, 0.29) is 5.92 Å². The maximum atomic E-state index is 8.70. The zero-order valence-corrected chi connectivity index (χ0v) is 9.29. The van der Waals surface area contributed by atoms with Gasteiger partial charge in [0.05, 0.1) is 12.0 Å². The largest absolute Gasteiger partial charge is 0.313 e. The van der Waals surface area contributed by atoms with Crippen molar-refractivity contribution in [3.8, 4) is 6.07 Å². The number of nitrogens with zero attached hydrogens (tertiary/aromatic N) is 2. The molecule has 0 aromatic rings. The number of likely N-dealkylation sites (N-methyl/N-ethyl adjacent to an activating group) is 1. The number of hydrogen-bond donors (Lipinski definition) is 1. The van der Waals surface area contributed by atoms with Crippen molar-refractivity contribution in [1.29, 1.82) is 5.26 Å². The lowest BCUT2D eigenvalue weighted by molar-refractivity contribution is 0.250. The Morgan fingerprint density at radius 2 is 2.36 bits per heavy atom. The van der Waals surface area contributed by atoms with Gasteiger partial charge >= 0.3 is 0 Å². The molecule has 1 aliphatic heterocycles. The van der Waals surface area contributed by atoms with Gasteiger partial charge in [0.15, 0.2) is 0 Å². The lowest BCUT2D eigenvalue weighted by atomic mass is 10.0. The summed E-state index contributed by atoms with van der Waals surface area (Å²) in [7, 11) is 2.10. The molecule has 3 heteroatoms. The molecule has 1 saturated heterocycles. The van der Waals surface area contributed by atoms with Crippen LogP contribution in [0.25, 0.3) is 0 Å². The van der Waals surface area contributed by atoms with Gasteiger partial charge in [-0.05, 0) is 33.4 Å². The van der Waals surface area contributed by atoms with E-state index in [0.29, 0.717) is 6.04 Å². The van der Waals surface area contributed by atoms with Crippen LogP contribution >= 0.6 is 0 Å². The summed E-state index contributed by atoms with van der Waals surface area (Å²) < 4.78 is 0. The number of piperidine rings is 1. The summed E-state index contributed by atoms with van der Waals surface area (Å²) in [5, 5.41) is 12.2. The third kappa shape index (κ3) is 4.08.